The van der Waals surface area contributed by atoms with Crippen molar-refractivity contribution in [3.05, 3.63) is 78.2 Å². The maximum absolute atomic E-state index is 14.5. The summed E-state index contributed by atoms with van der Waals surface area (Å²) in [6, 6.07) is 17.5. The van der Waals surface area contributed by atoms with Crippen molar-refractivity contribution in [3.8, 4) is 11.6 Å². The lowest BCUT2D eigenvalue weighted by Crippen LogP contribution is -2.29. The van der Waals surface area contributed by atoms with E-state index in [0.29, 0.717) is 23.3 Å². The third-order valence-corrected chi connectivity index (χ3v) is 6.38. The number of piperidine rings is 1. The Morgan fingerprint density at radius 2 is 1.84 bits per heavy atom. The van der Waals surface area contributed by atoms with E-state index in [9.17, 15) is 9.18 Å². The molecular weight excluding hydrogens is 469 g/mol. The molecule has 0 unspecified atom stereocenters. The van der Waals surface area contributed by atoms with Gasteiger partial charge in [0.05, 0.1) is 0 Å². The molecule has 37 heavy (non-hydrogen) atoms. The van der Waals surface area contributed by atoms with E-state index in [2.05, 4.69) is 32.4 Å². The van der Waals surface area contributed by atoms with Crippen LogP contribution in [0.3, 0.4) is 0 Å². The van der Waals surface area contributed by atoms with Crippen LogP contribution in [0.15, 0.2) is 66.9 Å². The SMILES string of the molecule is CCCNc1nccc(Oc2ccc(NC(=O)c3cc(F)cc(N4CCCCC4)c3)c3ccccc23)n1. The summed E-state index contributed by atoms with van der Waals surface area (Å²) in [5.74, 6) is 0.748. The van der Waals surface area contributed by atoms with Gasteiger partial charge in [-0.3, -0.25) is 4.79 Å². The molecule has 4 aromatic rings. The number of carbonyl (C=O) groups is 1. The Morgan fingerprint density at radius 3 is 2.65 bits per heavy atom. The number of rotatable bonds is 8. The van der Waals surface area contributed by atoms with E-state index in [0.717, 1.165) is 55.4 Å². The maximum Gasteiger partial charge on any atom is 0.255 e. The number of nitrogens with one attached hydrogen (secondary N) is 2. The fourth-order valence-corrected chi connectivity index (χ4v) is 4.54. The number of carbonyl (C=O) groups excluding carboxylic acids is 1. The normalized spacial score (nSPS) is 13.4. The highest BCUT2D eigenvalue weighted by Crippen LogP contribution is 2.34. The van der Waals surface area contributed by atoms with Crippen molar-refractivity contribution in [1.29, 1.82) is 0 Å². The van der Waals surface area contributed by atoms with Gasteiger partial charge in [-0.25, -0.2) is 9.37 Å². The molecule has 1 aliphatic rings. The first-order valence-corrected chi connectivity index (χ1v) is 12.7. The molecule has 2 heterocycles. The number of hydrogen-bond acceptors (Lipinski definition) is 6. The van der Waals surface area contributed by atoms with E-state index in [1.807, 2.05) is 24.3 Å². The quantitative estimate of drug-likeness (QED) is 0.283. The second-order valence-corrected chi connectivity index (χ2v) is 9.10. The van der Waals surface area contributed by atoms with Crippen LogP contribution < -0.4 is 20.3 Å². The van der Waals surface area contributed by atoms with Crippen LogP contribution in [0.4, 0.5) is 21.7 Å². The van der Waals surface area contributed by atoms with Crippen molar-refractivity contribution in [2.45, 2.75) is 32.6 Å². The minimum absolute atomic E-state index is 0.290. The first kappa shape index (κ1) is 24.5. The average molecular weight is 500 g/mol. The smallest absolute Gasteiger partial charge is 0.255 e. The minimum Gasteiger partial charge on any atom is -0.438 e. The molecule has 0 atom stereocenters. The van der Waals surface area contributed by atoms with Gasteiger partial charge in [0.1, 0.15) is 11.6 Å². The lowest BCUT2D eigenvalue weighted by Gasteiger charge is -2.29. The van der Waals surface area contributed by atoms with Gasteiger partial charge in [-0.05, 0) is 56.0 Å². The van der Waals surface area contributed by atoms with E-state index >= 15 is 0 Å². The van der Waals surface area contributed by atoms with Crippen LogP contribution in [-0.4, -0.2) is 35.5 Å². The predicted molar refractivity (Wildman–Crippen MR) is 145 cm³/mol. The van der Waals surface area contributed by atoms with E-state index in [1.54, 1.807) is 30.5 Å². The number of fused-ring (bicyclic) bond motifs is 1. The highest BCUT2D eigenvalue weighted by Gasteiger charge is 2.17. The standard InChI is InChI=1S/C29H30FN5O2/c1-2-13-31-29-32-14-12-27(34-29)37-26-11-10-25(23-8-4-5-9-24(23)26)33-28(36)20-17-21(30)19-22(18-20)35-15-6-3-7-16-35/h4-5,8-12,14,17-19H,2-3,6-7,13,15-16H2,1H3,(H,33,36)(H,31,32,34). The molecule has 0 saturated carbocycles. The molecule has 1 amide bonds. The predicted octanol–water partition coefficient (Wildman–Crippen LogP) is 6.63. The number of nitrogens with zero attached hydrogens (tertiary/aromatic N) is 3. The van der Waals surface area contributed by atoms with E-state index in [1.165, 1.54) is 18.6 Å². The molecule has 1 saturated heterocycles. The summed E-state index contributed by atoms with van der Waals surface area (Å²) >= 11 is 0. The lowest BCUT2D eigenvalue weighted by molar-refractivity contribution is 0.102. The number of benzene rings is 3. The van der Waals surface area contributed by atoms with Crippen LogP contribution in [0.5, 0.6) is 11.6 Å². The average Bonchev–Trinajstić information content (AvgIpc) is 2.93. The molecule has 0 radical (unpaired) electrons. The van der Waals surface area contributed by atoms with Crippen molar-refractivity contribution in [2.24, 2.45) is 0 Å². The summed E-state index contributed by atoms with van der Waals surface area (Å²) in [6.07, 6.45) is 5.93. The Morgan fingerprint density at radius 1 is 1.03 bits per heavy atom. The van der Waals surface area contributed by atoms with Gasteiger partial charge < -0.3 is 20.3 Å². The van der Waals surface area contributed by atoms with Crippen LogP contribution >= 0.6 is 0 Å². The third-order valence-electron chi connectivity index (χ3n) is 6.38. The van der Waals surface area contributed by atoms with E-state index in [4.69, 9.17) is 4.74 Å². The van der Waals surface area contributed by atoms with Gasteiger partial charge in [0.2, 0.25) is 11.8 Å². The van der Waals surface area contributed by atoms with Gasteiger partial charge in [-0.2, -0.15) is 4.98 Å². The molecule has 7 nitrogen and oxygen atoms in total. The van der Waals surface area contributed by atoms with E-state index in [-0.39, 0.29) is 11.5 Å². The number of aromatic nitrogens is 2. The summed E-state index contributed by atoms with van der Waals surface area (Å²) in [7, 11) is 0. The summed E-state index contributed by atoms with van der Waals surface area (Å²) < 4.78 is 20.6. The van der Waals surface area contributed by atoms with Gasteiger partial charge in [0.15, 0.2) is 0 Å². The van der Waals surface area contributed by atoms with Crippen molar-refractivity contribution in [2.75, 3.05) is 35.2 Å². The number of anilines is 3. The second kappa shape index (κ2) is 11.2. The third kappa shape index (κ3) is 5.80. The number of ether oxygens (including phenoxy) is 1. The van der Waals surface area contributed by atoms with Gasteiger partial charge in [0, 0.05) is 59.6 Å². The first-order chi connectivity index (χ1) is 18.1. The van der Waals surface area contributed by atoms with E-state index < -0.39 is 5.82 Å². The van der Waals surface area contributed by atoms with Crippen LogP contribution in [-0.2, 0) is 0 Å². The zero-order valence-corrected chi connectivity index (χ0v) is 20.8. The van der Waals surface area contributed by atoms with Crippen LogP contribution in [0.25, 0.3) is 10.8 Å². The molecule has 190 valence electrons. The Hall–Kier alpha value is -4.20. The van der Waals surface area contributed by atoms with Crippen molar-refractivity contribution in [1.82, 2.24) is 9.97 Å². The molecular formula is C29H30FN5O2. The van der Waals surface area contributed by atoms with Crippen molar-refractivity contribution < 1.29 is 13.9 Å². The molecule has 8 heteroatoms. The number of halogens is 1. The summed E-state index contributed by atoms with van der Waals surface area (Å²) in [4.78, 5) is 24.0. The molecule has 0 bridgehead atoms. The molecule has 3 aromatic carbocycles. The Bertz CT molecular complexity index is 1400. The van der Waals surface area contributed by atoms with Crippen LogP contribution in [0.2, 0.25) is 0 Å². The minimum atomic E-state index is -0.417. The highest BCUT2D eigenvalue weighted by molar-refractivity contribution is 6.10. The molecule has 0 spiro atoms. The summed E-state index contributed by atoms with van der Waals surface area (Å²) in [5.41, 5.74) is 1.65. The Kier molecular flexibility index (Phi) is 7.44. The maximum atomic E-state index is 14.5. The molecule has 1 aliphatic heterocycles. The molecule has 5 rings (SSSR count). The van der Waals surface area contributed by atoms with Gasteiger partial charge in [-0.1, -0.05) is 31.2 Å². The van der Waals surface area contributed by atoms with Crippen molar-refractivity contribution >= 4 is 34.0 Å². The monoisotopic (exact) mass is 499 g/mol. The number of amides is 1. The Balaban J connectivity index is 1.39. The lowest BCUT2D eigenvalue weighted by atomic mass is 10.1. The molecule has 0 aliphatic carbocycles. The summed E-state index contributed by atoms with van der Waals surface area (Å²) in [5, 5.41) is 7.74. The Labute approximate surface area is 215 Å². The zero-order chi connectivity index (χ0) is 25.6. The topological polar surface area (TPSA) is 79.4 Å². The largest absolute Gasteiger partial charge is 0.438 e. The summed E-state index contributed by atoms with van der Waals surface area (Å²) in [6.45, 7) is 4.59. The first-order valence-electron chi connectivity index (χ1n) is 12.7. The number of hydrogen-bond donors (Lipinski definition) is 2. The highest BCUT2D eigenvalue weighted by atomic mass is 19.1. The second-order valence-electron chi connectivity index (χ2n) is 9.10. The van der Waals surface area contributed by atoms with Crippen LogP contribution in [0, 0.1) is 5.82 Å². The van der Waals surface area contributed by atoms with Gasteiger partial charge in [0.25, 0.3) is 5.91 Å². The van der Waals surface area contributed by atoms with Crippen LogP contribution in [0.1, 0.15) is 43.0 Å². The van der Waals surface area contributed by atoms with Gasteiger partial charge >= 0.3 is 0 Å². The fourth-order valence-electron chi connectivity index (χ4n) is 4.54. The molecule has 2 N–H and O–H groups in total. The zero-order valence-electron chi connectivity index (χ0n) is 20.8. The van der Waals surface area contributed by atoms with Crippen molar-refractivity contribution in [3.63, 3.8) is 0 Å². The fraction of sp³-hybridized carbons (Fsp3) is 0.276. The molecule has 1 fully saturated rings. The van der Waals surface area contributed by atoms with Gasteiger partial charge in [-0.15, -0.1) is 0 Å². The molecule has 1 aromatic heterocycles.